The summed E-state index contributed by atoms with van der Waals surface area (Å²) in [6.45, 7) is 5.74. The summed E-state index contributed by atoms with van der Waals surface area (Å²) < 4.78 is 13.0. The Morgan fingerprint density at radius 2 is 2.22 bits per heavy atom. The minimum atomic E-state index is -0.961. The number of carbonyl (C=O) groups excluding carboxylic acids is 1. The fourth-order valence-electron chi connectivity index (χ4n) is 1.60. The molecule has 4 heteroatoms. The highest BCUT2D eigenvalue weighted by atomic mass is 19.1. The first kappa shape index (κ1) is 14.6. The molecule has 0 aliphatic heterocycles. The number of aliphatic hydroxyl groups is 1. The Hall–Kier alpha value is -1.42. The van der Waals surface area contributed by atoms with Gasteiger partial charge in [0.1, 0.15) is 5.82 Å². The molecular weight excluding hydrogens is 233 g/mol. The van der Waals surface area contributed by atoms with Crippen LogP contribution in [0.15, 0.2) is 24.3 Å². The average molecular weight is 253 g/mol. The molecule has 0 heterocycles. The van der Waals surface area contributed by atoms with E-state index in [0.717, 1.165) is 6.42 Å². The highest BCUT2D eigenvalue weighted by molar-refractivity contribution is 5.94. The van der Waals surface area contributed by atoms with Crippen molar-refractivity contribution in [3.8, 4) is 0 Å². The van der Waals surface area contributed by atoms with Crippen LogP contribution in [0.2, 0.25) is 0 Å². The predicted octanol–water partition coefficient (Wildman–Crippen LogP) is 2.35. The van der Waals surface area contributed by atoms with Gasteiger partial charge in [-0.05, 0) is 31.0 Å². The van der Waals surface area contributed by atoms with E-state index < -0.39 is 11.4 Å². The molecule has 100 valence electrons. The molecule has 0 aliphatic rings. The van der Waals surface area contributed by atoms with Crippen molar-refractivity contribution < 1.29 is 14.3 Å². The summed E-state index contributed by atoms with van der Waals surface area (Å²) in [7, 11) is 0. The number of nitrogens with one attached hydrogen (secondary N) is 1. The Morgan fingerprint density at radius 3 is 2.78 bits per heavy atom. The van der Waals surface area contributed by atoms with Crippen LogP contribution in [0.5, 0.6) is 0 Å². The van der Waals surface area contributed by atoms with Crippen molar-refractivity contribution in [1.82, 2.24) is 5.32 Å². The maximum atomic E-state index is 13.0. The fraction of sp³-hybridized carbons (Fsp3) is 0.500. The van der Waals surface area contributed by atoms with E-state index >= 15 is 0 Å². The van der Waals surface area contributed by atoms with Crippen molar-refractivity contribution in [1.29, 1.82) is 0 Å². The monoisotopic (exact) mass is 253 g/mol. The van der Waals surface area contributed by atoms with Gasteiger partial charge in [0.05, 0.1) is 5.60 Å². The molecule has 2 N–H and O–H groups in total. The van der Waals surface area contributed by atoms with Crippen molar-refractivity contribution in [2.45, 2.75) is 32.8 Å². The molecule has 18 heavy (non-hydrogen) atoms. The second kappa shape index (κ2) is 5.96. The average Bonchev–Trinajstić information content (AvgIpc) is 2.35. The van der Waals surface area contributed by atoms with E-state index in [1.807, 2.05) is 13.8 Å². The molecule has 0 spiro atoms. The third-order valence-electron chi connectivity index (χ3n) is 3.37. The van der Waals surface area contributed by atoms with Gasteiger partial charge < -0.3 is 10.4 Å². The van der Waals surface area contributed by atoms with E-state index in [9.17, 15) is 14.3 Å². The number of amides is 1. The molecule has 0 aromatic heterocycles. The van der Waals surface area contributed by atoms with Gasteiger partial charge in [0.25, 0.3) is 5.91 Å². The van der Waals surface area contributed by atoms with E-state index in [1.165, 1.54) is 24.3 Å². The quantitative estimate of drug-likeness (QED) is 0.846. The lowest BCUT2D eigenvalue weighted by molar-refractivity contribution is 0.00592. The molecule has 1 aromatic carbocycles. The third-order valence-corrected chi connectivity index (χ3v) is 3.37. The minimum absolute atomic E-state index is 0.0744. The highest BCUT2D eigenvalue weighted by Crippen LogP contribution is 2.19. The summed E-state index contributed by atoms with van der Waals surface area (Å²) in [5.74, 6) is -0.750. The van der Waals surface area contributed by atoms with E-state index in [0.29, 0.717) is 0 Å². The molecule has 2 atom stereocenters. The fourth-order valence-corrected chi connectivity index (χ4v) is 1.60. The Kier molecular flexibility index (Phi) is 4.84. The number of hydrogen-bond donors (Lipinski definition) is 2. The van der Waals surface area contributed by atoms with Gasteiger partial charge in [-0.2, -0.15) is 0 Å². The van der Waals surface area contributed by atoms with E-state index in [2.05, 4.69) is 5.32 Å². The molecule has 0 bridgehead atoms. The zero-order valence-corrected chi connectivity index (χ0v) is 11.0. The lowest BCUT2D eigenvalue weighted by Crippen LogP contribution is -2.45. The van der Waals surface area contributed by atoms with Gasteiger partial charge in [-0.3, -0.25) is 4.79 Å². The van der Waals surface area contributed by atoms with Gasteiger partial charge in [0.15, 0.2) is 0 Å². The van der Waals surface area contributed by atoms with Crippen LogP contribution < -0.4 is 5.32 Å². The first-order valence-electron chi connectivity index (χ1n) is 6.13. The largest absolute Gasteiger partial charge is 0.388 e. The van der Waals surface area contributed by atoms with Gasteiger partial charge >= 0.3 is 0 Å². The second-order valence-corrected chi connectivity index (χ2v) is 4.86. The van der Waals surface area contributed by atoms with Crippen molar-refractivity contribution in [2.24, 2.45) is 5.92 Å². The van der Waals surface area contributed by atoms with E-state index in [4.69, 9.17) is 0 Å². The molecule has 3 nitrogen and oxygen atoms in total. The number of carbonyl (C=O) groups is 1. The lowest BCUT2D eigenvalue weighted by atomic mass is 9.88. The van der Waals surface area contributed by atoms with E-state index in [-0.39, 0.29) is 23.9 Å². The van der Waals surface area contributed by atoms with Crippen LogP contribution in [0.3, 0.4) is 0 Å². The van der Waals surface area contributed by atoms with Crippen LogP contribution in [0.4, 0.5) is 4.39 Å². The zero-order valence-electron chi connectivity index (χ0n) is 11.0. The van der Waals surface area contributed by atoms with Crippen molar-refractivity contribution in [3.63, 3.8) is 0 Å². The molecule has 0 fully saturated rings. The van der Waals surface area contributed by atoms with Crippen molar-refractivity contribution in [2.75, 3.05) is 6.54 Å². The van der Waals surface area contributed by atoms with Crippen LogP contribution in [-0.4, -0.2) is 23.2 Å². The third kappa shape index (κ3) is 3.81. The van der Waals surface area contributed by atoms with Gasteiger partial charge in [0, 0.05) is 12.1 Å². The molecule has 2 unspecified atom stereocenters. The predicted molar refractivity (Wildman–Crippen MR) is 68.8 cm³/mol. The second-order valence-electron chi connectivity index (χ2n) is 4.86. The van der Waals surface area contributed by atoms with Gasteiger partial charge in [0.2, 0.25) is 0 Å². The molecular formula is C14H20FNO2. The van der Waals surface area contributed by atoms with Crippen LogP contribution in [0, 0.1) is 11.7 Å². The Bertz CT molecular complexity index is 418. The highest BCUT2D eigenvalue weighted by Gasteiger charge is 2.27. The SMILES string of the molecule is CCC(C)C(C)(O)CNC(=O)c1cccc(F)c1. The minimum Gasteiger partial charge on any atom is -0.388 e. The van der Waals surface area contributed by atoms with Crippen LogP contribution >= 0.6 is 0 Å². The zero-order chi connectivity index (χ0) is 13.8. The summed E-state index contributed by atoms with van der Waals surface area (Å²) in [4.78, 5) is 11.8. The maximum absolute atomic E-state index is 13.0. The normalized spacial score (nSPS) is 15.8. The molecule has 1 aromatic rings. The number of rotatable bonds is 5. The summed E-state index contributed by atoms with van der Waals surface area (Å²) >= 11 is 0. The summed E-state index contributed by atoms with van der Waals surface area (Å²) in [6.07, 6.45) is 0.822. The topological polar surface area (TPSA) is 49.3 Å². The van der Waals surface area contributed by atoms with Crippen molar-refractivity contribution >= 4 is 5.91 Å². The molecule has 0 radical (unpaired) electrons. The smallest absolute Gasteiger partial charge is 0.251 e. The summed E-state index contributed by atoms with van der Waals surface area (Å²) in [5, 5.41) is 12.8. The molecule has 0 aliphatic carbocycles. The first-order chi connectivity index (χ1) is 8.36. The molecule has 0 saturated heterocycles. The Balaban J connectivity index is 2.61. The first-order valence-corrected chi connectivity index (χ1v) is 6.13. The Morgan fingerprint density at radius 1 is 1.56 bits per heavy atom. The van der Waals surface area contributed by atoms with Crippen LogP contribution in [0.25, 0.3) is 0 Å². The van der Waals surface area contributed by atoms with Gasteiger partial charge in [-0.1, -0.05) is 26.3 Å². The van der Waals surface area contributed by atoms with Crippen LogP contribution in [0.1, 0.15) is 37.6 Å². The summed E-state index contributed by atoms with van der Waals surface area (Å²) in [6, 6.07) is 5.48. The molecule has 1 rings (SSSR count). The Labute approximate surface area is 107 Å². The van der Waals surface area contributed by atoms with Crippen molar-refractivity contribution in [3.05, 3.63) is 35.6 Å². The molecule has 0 saturated carbocycles. The van der Waals surface area contributed by atoms with Crippen LogP contribution in [-0.2, 0) is 0 Å². The molecule has 1 amide bonds. The van der Waals surface area contributed by atoms with Gasteiger partial charge in [-0.25, -0.2) is 4.39 Å². The van der Waals surface area contributed by atoms with Gasteiger partial charge in [-0.15, -0.1) is 0 Å². The maximum Gasteiger partial charge on any atom is 0.251 e. The number of hydrogen-bond acceptors (Lipinski definition) is 2. The van der Waals surface area contributed by atoms with E-state index in [1.54, 1.807) is 6.92 Å². The lowest BCUT2D eigenvalue weighted by Gasteiger charge is -2.29. The number of halogens is 1. The number of benzene rings is 1. The summed E-state index contributed by atoms with van der Waals surface area (Å²) in [5.41, 5.74) is -0.701. The standard InChI is InChI=1S/C14H20FNO2/c1-4-10(2)14(3,18)9-16-13(17)11-6-5-7-12(15)8-11/h5-8,10,18H,4,9H2,1-3H3,(H,16,17).